The van der Waals surface area contributed by atoms with E-state index >= 15 is 0 Å². The van der Waals surface area contributed by atoms with Gasteiger partial charge in [-0.25, -0.2) is 0 Å². The van der Waals surface area contributed by atoms with Gasteiger partial charge in [-0.05, 0) is 5.92 Å². The van der Waals surface area contributed by atoms with Crippen molar-refractivity contribution in [1.29, 1.82) is 0 Å². The number of hydrogen-bond donors (Lipinski definition) is 1. The van der Waals surface area contributed by atoms with Crippen molar-refractivity contribution in [3.05, 3.63) is 0 Å². The summed E-state index contributed by atoms with van der Waals surface area (Å²) < 4.78 is 0. The van der Waals surface area contributed by atoms with Crippen molar-refractivity contribution in [2.24, 2.45) is 5.92 Å². The normalized spacial score (nSPS) is 24.4. The molecule has 1 amide bonds. The highest BCUT2D eigenvalue weighted by Crippen LogP contribution is 2.36. The number of rotatable bonds is 2. The van der Waals surface area contributed by atoms with Gasteiger partial charge in [-0.1, -0.05) is 13.8 Å². The molecule has 1 N–H and O–H groups in total. The number of thioether (sulfide) groups is 1. The maximum atomic E-state index is 11.7. The van der Waals surface area contributed by atoms with Gasteiger partial charge in [0.25, 0.3) is 0 Å². The van der Waals surface area contributed by atoms with Crippen LogP contribution in [-0.4, -0.2) is 41.1 Å². The number of likely N-dealkylation sites (tertiary alicyclic amines) is 1. The fraction of sp³-hybridized carbons (Fsp3) is 0.900. The first kappa shape index (κ1) is 10.3. The topological polar surface area (TPSA) is 32.3 Å². The van der Waals surface area contributed by atoms with Crippen LogP contribution in [0.5, 0.6) is 0 Å². The second-order valence-corrected chi connectivity index (χ2v) is 6.10. The molecule has 0 atom stereocenters. The Labute approximate surface area is 89.6 Å². The van der Waals surface area contributed by atoms with Crippen LogP contribution in [0.15, 0.2) is 0 Å². The van der Waals surface area contributed by atoms with E-state index < -0.39 is 0 Å². The Balaban J connectivity index is 1.79. The number of nitrogens with one attached hydrogen (secondary N) is 1. The Morgan fingerprint density at radius 3 is 2.79 bits per heavy atom. The van der Waals surface area contributed by atoms with Crippen LogP contribution in [0, 0.1) is 5.92 Å². The van der Waals surface area contributed by atoms with Crippen LogP contribution in [0.4, 0.5) is 0 Å². The molecule has 14 heavy (non-hydrogen) atoms. The van der Waals surface area contributed by atoms with Crippen LogP contribution in [-0.2, 0) is 4.79 Å². The third-order valence-electron chi connectivity index (χ3n) is 2.76. The highest BCUT2D eigenvalue weighted by molar-refractivity contribution is 8.01. The lowest BCUT2D eigenvalue weighted by Gasteiger charge is -2.47. The summed E-state index contributed by atoms with van der Waals surface area (Å²) in [6.45, 7) is 7.09. The predicted molar refractivity (Wildman–Crippen MR) is 59.2 cm³/mol. The lowest BCUT2D eigenvalue weighted by atomic mass is 10.0. The van der Waals surface area contributed by atoms with Gasteiger partial charge in [0.15, 0.2) is 0 Å². The van der Waals surface area contributed by atoms with Crippen LogP contribution in [0.1, 0.15) is 20.3 Å². The van der Waals surface area contributed by atoms with Gasteiger partial charge < -0.3 is 4.90 Å². The summed E-state index contributed by atoms with van der Waals surface area (Å²) in [7, 11) is 0. The number of nitrogens with zero attached hydrogens (tertiary/aromatic N) is 1. The summed E-state index contributed by atoms with van der Waals surface area (Å²) >= 11 is 1.97. The van der Waals surface area contributed by atoms with Crippen LogP contribution in [0.3, 0.4) is 0 Å². The molecule has 4 heteroatoms. The molecule has 0 radical (unpaired) electrons. The Morgan fingerprint density at radius 2 is 2.29 bits per heavy atom. The highest BCUT2D eigenvalue weighted by atomic mass is 32.2. The second kappa shape index (κ2) is 3.74. The molecule has 0 aromatic heterocycles. The lowest BCUT2D eigenvalue weighted by molar-refractivity contribution is -0.137. The molecular weight excluding hydrogens is 196 g/mol. The van der Waals surface area contributed by atoms with E-state index in [0.717, 1.165) is 19.6 Å². The molecule has 0 unspecified atom stereocenters. The molecule has 80 valence electrons. The maximum Gasteiger partial charge on any atom is 0.223 e. The van der Waals surface area contributed by atoms with Gasteiger partial charge in [0.1, 0.15) is 4.87 Å². The third kappa shape index (κ3) is 1.91. The molecule has 0 aromatic rings. The first-order valence-corrected chi connectivity index (χ1v) is 6.27. The van der Waals surface area contributed by atoms with Crippen molar-refractivity contribution < 1.29 is 4.79 Å². The van der Waals surface area contributed by atoms with Crippen molar-refractivity contribution in [3.63, 3.8) is 0 Å². The molecule has 1 spiro atoms. The SMILES string of the molecule is CC(C)CC(=O)N1CC2(C1)NCCS2. The summed E-state index contributed by atoms with van der Waals surface area (Å²) in [5.74, 6) is 1.98. The molecule has 3 nitrogen and oxygen atoms in total. The monoisotopic (exact) mass is 214 g/mol. The molecule has 2 saturated heterocycles. The van der Waals surface area contributed by atoms with Crippen molar-refractivity contribution in [1.82, 2.24) is 10.2 Å². The summed E-state index contributed by atoms with van der Waals surface area (Å²) in [5.41, 5.74) is 0. The zero-order valence-electron chi connectivity index (χ0n) is 8.88. The van der Waals surface area contributed by atoms with E-state index in [1.54, 1.807) is 0 Å². The smallest absolute Gasteiger partial charge is 0.223 e. The predicted octanol–water partition coefficient (Wildman–Crippen LogP) is 0.907. The summed E-state index contributed by atoms with van der Waals surface area (Å²) in [6, 6.07) is 0. The Bertz CT molecular complexity index is 228. The number of carbonyl (C=O) groups is 1. The van der Waals surface area contributed by atoms with Crippen molar-refractivity contribution in [2.45, 2.75) is 25.1 Å². The molecule has 2 heterocycles. The minimum Gasteiger partial charge on any atom is -0.337 e. The molecule has 2 rings (SSSR count). The van der Waals surface area contributed by atoms with Gasteiger partial charge in [-0.15, -0.1) is 11.8 Å². The largest absolute Gasteiger partial charge is 0.337 e. The van der Waals surface area contributed by atoms with E-state index in [4.69, 9.17) is 0 Å². The van der Waals surface area contributed by atoms with E-state index in [1.807, 2.05) is 16.7 Å². The van der Waals surface area contributed by atoms with E-state index in [0.29, 0.717) is 18.2 Å². The van der Waals surface area contributed by atoms with Crippen LogP contribution < -0.4 is 5.32 Å². The molecule has 0 aromatic carbocycles. The Morgan fingerprint density at radius 1 is 1.57 bits per heavy atom. The van der Waals surface area contributed by atoms with Crippen LogP contribution in [0.25, 0.3) is 0 Å². The van der Waals surface area contributed by atoms with Crippen LogP contribution in [0.2, 0.25) is 0 Å². The first-order chi connectivity index (χ1) is 6.61. The van der Waals surface area contributed by atoms with Gasteiger partial charge in [0, 0.05) is 18.7 Å². The van der Waals surface area contributed by atoms with Gasteiger partial charge in [-0.3, -0.25) is 10.1 Å². The molecule has 0 bridgehead atoms. The summed E-state index contributed by atoms with van der Waals surface area (Å²) in [5, 5.41) is 3.48. The molecule has 0 aliphatic carbocycles. The molecule has 2 fully saturated rings. The van der Waals surface area contributed by atoms with Crippen molar-refractivity contribution in [3.8, 4) is 0 Å². The molecular formula is C10H18N2OS. The third-order valence-corrected chi connectivity index (χ3v) is 4.12. The van der Waals surface area contributed by atoms with Gasteiger partial charge in [0.05, 0.1) is 13.1 Å². The quantitative estimate of drug-likeness (QED) is 0.741. The number of amides is 1. The van der Waals surface area contributed by atoms with Gasteiger partial charge in [0.2, 0.25) is 5.91 Å². The minimum absolute atomic E-state index is 0.229. The summed E-state index contributed by atoms with van der Waals surface area (Å²) in [6.07, 6.45) is 0.695. The fourth-order valence-corrected chi connectivity index (χ4v) is 3.30. The van der Waals surface area contributed by atoms with Gasteiger partial charge >= 0.3 is 0 Å². The van der Waals surface area contributed by atoms with Crippen LogP contribution >= 0.6 is 11.8 Å². The van der Waals surface area contributed by atoms with E-state index in [-0.39, 0.29) is 4.87 Å². The Kier molecular flexibility index (Phi) is 2.75. The maximum absolute atomic E-state index is 11.7. The summed E-state index contributed by atoms with van der Waals surface area (Å²) in [4.78, 5) is 13.9. The zero-order chi connectivity index (χ0) is 10.2. The second-order valence-electron chi connectivity index (χ2n) is 4.62. The number of hydrogen-bond acceptors (Lipinski definition) is 3. The minimum atomic E-state index is 0.229. The van der Waals surface area contributed by atoms with E-state index in [1.165, 1.54) is 5.75 Å². The standard InChI is InChI=1S/C10H18N2OS/c1-8(2)5-9(13)12-6-10(7-12)11-3-4-14-10/h8,11H,3-7H2,1-2H3. The zero-order valence-corrected chi connectivity index (χ0v) is 9.69. The van der Waals surface area contributed by atoms with Crippen molar-refractivity contribution in [2.75, 3.05) is 25.4 Å². The average Bonchev–Trinajstić information content (AvgIpc) is 2.47. The van der Waals surface area contributed by atoms with E-state index in [2.05, 4.69) is 19.2 Å². The average molecular weight is 214 g/mol. The Hall–Kier alpha value is -0.220. The molecule has 2 aliphatic heterocycles. The fourth-order valence-electron chi connectivity index (χ4n) is 2.00. The lowest BCUT2D eigenvalue weighted by Crippen LogP contribution is -2.66. The highest BCUT2D eigenvalue weighted by Gasteiger charge is 2.47. The van der Waals surface area contributed by atoms with E-state index in [9.17, 15) is 4.79 Å². The first-order valence-electron chi connectivity index (χ1n) is 5.28. The molecule has 2 aliphatic rings. The van der Waals surface area contributed by atoms with Crippen molar-refractivity contribution >= 4 is 17.7 Å². The van der Waals surface area contributed by atoms with Gasteiger partial charge in [-0.2, -0.15) is 0 Å². The number of carbonyl (C=O) groups excluding carboxylic acids is 1. The molecule has 0 saturated carbocycles.